The maximum Gasteiger partial charge on any atom is 0.417 e. The Morgan fingerprint density at radius 1 is 1.12 bits per heavy atom. The second-order valence-corrected chi connectivity index (χ2v) is 8.28. The highest BCUT2D eigenvalue weighted by molar-refractivity contribution is 5.92. The van der Waals surface area contributed by atoms with E-state index in [0.717, 1.165) is 11.0 Å². The van der Waals surface area contributed by atoms with E-state index >= 15 is 0 Å². The molecule has 32 heavy (non-hydrogen) atoms. The van der Waals surface area contributed by atoms with E-state index in [-0.39, 0.29) is 28.9 Å². The lowest BCUT2D eigenvalue weighted by molar-refractivity contribution is -0.246. The van der Waals surface area contributed by atoms with Crippen molar-refractivity contribution in [2.45, 2.75) is 20.0 Å². The van der Waals surface area contributed by atoms with Gasteiger partial charge in [-0.1, -0.05) is 38.1 Å². The van der Waals surface area contributed by atoms with Gasteiger partial charge in [-0.2, -0.15) is 13.2 Å². The number of ether oxygens (including phenoxy) is 1. The normalized spacial score (nSPS) is 12.2. The molecule has 6 nitrogen and oxygen atoms in total. The number of amides is 1. The van der Waals surface area contributed by atoms with Crippen molar-refractivity contribution in [3.05, 3.63) is 64.4 Å². The summed E-state index contributed by atoms with van der Waals surface area (Å²) in [5.41, 5.74) is -1.94. The highest BCUT2D eigenvalue weighted by atomic mass is 19.4. The third-order valence-corrected chi connectivity index (χ3v) is 5.01. The van der Waals surface area contributed by atoms with Crippen LogP contribution < -0.4 is 15.6 Å². The van der Waals surface area contributed by atoms with Crippen LogP contribution in [-0.2, 0) is 10.9 Å². The van der Waals surface area contributed by atoms with Gasteiger partial charge in [-0.3, -0.25) is 4.79 Å². The third kappa shape index (κ3) is 4.94. The number of aromatic nitrogens is 1. The number of nitrogens with one attached hydrogen (secondary N) is 1. The number of anilines is 1. The molecule has 0 saturated carbocycles. The first-order chi connectivity index (χ1) is 14.9. The molecule has 0 atom stereocenters. The number of pyridine rings is 1. The molecule has 0 aliphatic heterocycles. The van der Waals surface area contributed by atoms with E-state index in [0.29, 0.717) is 12.0 Å². The summed E-state index contributed by atoms with van der Waals surface area (Å²) in [7, 11) is 1.51. The molecule has 0 aliphatic rings. The Morgan fingerprint density at radius 3 is 2.44 bits per heavy atom. The van der Waals surface area contributed by atoms with Crippen LogP contribution in [0.15, 0.2) is 53.3 Å². The minimum Gasteiger partial charge on any atom is -0.530 e. The molecule has 0 bridgehead atoms. The standard InChI is InChI=1S/C23H23F3N2O4/c1-22(2,13-32-3)12-28(21(30)31)15-9-8-14-10-19(27-20(29)17(14)11-15)16-6-4-5-7-18(16)23(24,25)26/h4-11H,12-13H2,1-3H3,(H,27,29)(H,30,31)/p-1. The lowest BCUT2D eigenvalue weighted by Crippen LogP contribution is -2.47. The molecule has 1 N–H and O–H groups in total. The number of fused-ring (bicyclic) bond motifs is 1. The summed E-state index contributed by atoms with van der Waals surface area (Å²) in [5.74, 6) is 0. The summed E-state index contributed by atoms with van der Waals surface area (Å²) in [4.78, 5) is 28.0. The second-order valence-electron chi connectivity index (χ2n) is 8.28. The maximum atomic E-state index is 13.4. The Morgan fingerprint density at radius 2 is 1.81 bits per heavy atom. The van der Waals surface area contributed by atoms with Crippen molar-refractivity contribution in [1.82, 2.24) is 4.98 Å². The maximum absolute atomic E-state index is 13.4. The Hall–Kier alpha value is -3.33. The van der Waals surface area contributed by atoms with Gasteiger partial charge in [0.05, 0.1) is 12.2 Å². The number of hydrogen-bond acceptors (Lipinski definition) is 4. The van der Waals surface area contributed by atoms with E-state index in [1.807, 2.05) is 13.8 Å². The first-order valence-electron chi connectivity index (χ1n) is 9.74. The summed E-state index contributed by atoms with van der Waals surface area (Å²) in [5, 5.41) is 12.3. The lowest BCUT2D eigenvalue weighted by Gasteiger charge is -2.34. The highest BCUT2D eigenvalue weighted by Crippen LogP contribution is 2.36. The summed E-state index contributed by atoms with van der Waals surface area (Å²) in [6, 6.07) is 10.8. The number of nitrogens with zero attached hydrogens (tertiary/aromatic N) is 1. The molecule has 0 radical (unpaired) electrons. The predicted molar refractivity (Wildman–Crippen MR) is 113 cm³/mol. The van der Waals surface area contributed by atoms with E-state index in [9.17, 15) is 27.9 Å². The molecule has 1 amide bonds. The van der Waals surface area contributed by atoms with Gasteiger partial charge in [0.2, 0.25) is 0 Å². The number of halogens is 3. The average molecular weight is 447 g/mol. The Balaban J connectivity index is 2.08. The van der Waals surface area contributed by atoms with Crippen molar-refractivity contribution in [2.24, 2.45) is 5.41 Å². The number of aromatic amines is 1. The van der Waals surface area contributed by atoms with Crippen LogP contribution in [0.1, 0.15) is 19.4 Å². The fourth-order valence-electron chi connectivity index (χ4n) is 3.65. The molecule has 2 aromatic carbocycles. The van der Waals surface area contributed by atoms with Gasteiger partial charge in [-0.05, 0) is 29.7 Å². The van der Waals surface area contributed by atoms with E-state index in [1.165, 1.54) is 49.6 Å². The van der Waals surface area contributed by atoms with Crippen LogP contribution in [0, 0.1) is 5.41 Å². The van der Waals surface area contributed by atoms with E-state index < -0.39 is 28.8 Å². The van der Waals surface area contributed by atoms with Crippen molar-refractivity contribution in [3.8, 4) is 11.3 Å². The van der Waals surface area contributed by atoms with Crippen LogP contribution in [0.2, 0.25) is 0 Å². The van der Waals surface area contributed by atoms with E-state index in [1.54, 1.807) is 0 Å². The minimum atomic E-state index is -4.59. The molecule has 1 heterocycles. The summed E-state index contributed by atoms with van der Waals surface area (Å²) >= 11 is 0. The molecule has 0 spiro atoms. The molecule has 0 unspecified atom stereocenters. The number of methoxy groups -OCH3 is 1. The molecule has 0 saturated heterocycles. The van der Waals surface area contributed by atoms with Crippen molar-refractivity contribution >= 4 is 22.6 Å². The zero-order valence-electron chi connectivity index (χ0n) is 17.7. The second kappa shape index (κ2) is 8.66. The largest absolute Gasteiger partial charge is 0.530 e. The number of hydrogen-bond donors (Lipinski definition) is 1. The fraction of sp³-hybridized carbons (Fsp3) is 0.304. The molecule has 170 valence electrons. The van der Waals surface area contributed by atoms with Gasteiger partial charge >= 0.3 is 6.18 Å². The highest BCUT2D eigenvalue weighted by Gasteiger charge is 2.33. The minimum absolute atomic E-state index is 0.0150. The van der Waals surface area contributed by atoms with Crippen LogP contribution in [0.5, 0.6) is 0 Å². The van der Waals surface area contributed by atoms with Gasteiger partial charge < -0.3 is 24.5 Å². The molecular weight excluding hydrogens is 425 g/mol. The fourth-order valence-corrected chi connectivity index (χ4v) is 3.65. The van der Waals surface area contributed by atoms with Crippen LogP contribution >= 0.6 is 0 Å². The molecular formula is C23H22F3N2O4-. The van der Waals surface area contributed by atoms with Gasteiger partial charge in [0, 0.05) is 41.4 Å². The molecule has 3 rings (SSSR count). The Labute approximate surface area is 182 Å². The molecule has 0 fully saturated rings. The predicted octanol–water partition coefficient (Wildman–Crippen LogP) is 4.04. The smallest absolute Gasteiger partial charge is 0.417 e. The monoisotopic (exact) mass is 447 g/mol. The van der Waals surface area contributed by atoms with Gasteiger partial charge in [0.15, 0.2) is 0 Å². The zero-order valence-corrected chi connectivity index (χ0v) is 17.7. The lowest BCUT2D eigenvalue weighted by atomic mass is 9.93. The quantitative estimate of drug-likeness (QED) is 0.618. The van der Waals surface area contributed by atoms with Gasteiger partial charge in [0.1, 0.15) is 6.09 Å². The Kier molecular flexibility index (Phi) is 6.32. The molecule has 1 aromatic heterocycles. The van der Waals surface area contributed by atoms with Gasteiger partial charge in [-0.25, -0.2) is 0 Å². The first-order valence-corrected chi connectivity index (χ1v) is 9.74. The number of alkyl halides is 3. The molecule has 0 aliphatic carbocycles. The first kappa shape index (κ1) is 23.3. The number of benzene rings is 2. The van der Waals surface area contributed by atoms with Crippen LogP contribution in [0.25, 0.3) is 22.0 Å². The number of carbonyl (C=O) groups excluding carboxylic acids is 1. The molecule has 3 aromatic rings. The average Bonchev–Trinajstić information content (AvgIpc) is 2.71. The summed E-state index contributed by atoms with van der Waals surface area (Å²) in [6.07, 6.45) is -6.03. The van der Waals surface area contributed by atoms with Crippen molar-refractivity contribution < 1.29 is 27.8 Å². The number of H-pyrrole nitrogens is 1. The van der Waals surface area contributed by atoms with Crippen LogP contribution in [0.4, 0.5) is 23.7 Å². The van der Waals surface area contributed by atoms with E-state index in [4.69, 9.17) is 4.74 Å². The number of carboxylic acid groups (broad SMARTS) is 1. The van der Waals surface area contributed by atoms with Gasteiger partial charge in [-0.15, -0.1) is 0 Å². The van der Waals surface area contributed by atoms with Crippen LogP contribution in [-0.4, -0.2) is 31.3 Å². The van der Waals surface area contributed by atoms with Crippen molar-refractivity contribution in [1.29, 1.82) is 0 Å². The van der Waals surface area contributed by atoms with Crippen LogP contribution in [0.3, 0.4) is 0 Å². The van der Waals surface area contributed by atoms with Gasteiger partial charge in [0.25, 0.3) is 5.56 Å². The van der Waals surface area contributed by atoms with Crippen molar-refractivity contribution in [3.63, 3.8) is 0 Å². The third-order valence-electron chi connectivity index (χ3n) is 5.01. The zero-order chi connectivity index (χ0) is 23.7. The summed E-state index contributed by atoms with van der Waals surface area (Å²) in [6.45, 7) is 4.01. The summed E-state index contributed by atoms with van der Waals surface area (Å²) < 4.78 is 45.3. The van der Waals surface area contributed by atoms with Crippen molar-refractivity contribution in [2.75, 3.05) is 25.2 Å². The SMILES string of the molecule is COCC(C)(C)CN(C(=O)[O-])c1ccc2cc(-c3ccccc3C(F)(F)F)[nH]c(=O)c2c1. The number of carbonyl (C=O) groups is 1. The number of rotatable bonds is 6. The molecule has 9 heteroatoms. The van der Waals surface area contributed by atoms with E-state index in [2.05, 4.69) is 4.98 Å². The Bertz CT molecular complexity index is 1200. The topological polar surface area (TPSA) is 85.5 Å².